The van der Waals surface area contributed by atoms with E-state index < -0.39 is 15.6 Å². The Morgan fingerprint density at radius 3 is 2.43 bits per heavy atom. The number of hydrogen-bond donors (Lipinski definition) is 3. The first kappa shape index (κ1) is 22.5. The molecule has 0 saturated carbocycles. The fourth-order valence-corrected chi connectivity index (χ4v) is 4.78. The van der Waals surface area contributed by atoms with Crippen molar-refractivity contribution in [3.63, 3.8) is 0 Å². The van der Waals surface area contributed by atoms with Crippen LogP contribution in [-0.2, 0) is 16.6 Å². The molecule has 4 N–H and O–H groups in total. The molecule has 0 saturated heterocycles. The highest BCUT2D eigenvalue weighted by Gasteiger charge is 2.22. The van der Waals surface area contributed by atoms with Gasteiger partial charge in [0.25, 0.3) is 5.56 Å². The van der Waals surface area contributed by atoms with Crippen molar-refractivity contribution in [3.05, 3.63) is 77.1 Å². The Morgan fingerprint density at radius 2 is 1.74 bits per heavy atom. The number of nitrogens with zero attached hydrogens (tertiary/aromatic N) is 5. The maximum Gasteiger partial charge on any atom is 0.262 e. The number of rotatable bonds is 6. The zero-order valence-corrected chi connectivity index (χ0v) is 19.7. The molecule has 0 bridgehead atoms. The van der Waals surface area contributed by atoms with Gasteiger partial charge in [0, 0.05) is 43.8 Å². The van der Waals surface area contributed by atoms with E-state index in [1.165, 1.54) is 26.2 Å². The third kappa shape index (κ3) is 4.09. The third-order valence-corrected chi connectivity index (χ3v) is 7.45. The van der Waals surface area contributed by atoms with E-state index in [1.54, 1.807) is 35.4 Å². The monoisotopic (exact) mass is 490 g/mol. The van der Waals surface area contributed by atoms with Crippen LogP contribution in [0.15, 0.2) is 70.9 Å². The molecular weight excluding hydrogens is 468 g/mol. The van der Waals surface area contributed by atoms with E-state index in [4.69, 9.17) is 5.73 Å². The minimum Gasteiger partial charge on any atom is -0.369 e. The SMILES string of the molecule is CN(C)S(=O)(=O)c1ccc(-c2[nH]c3nc(N)[nH]c(=O)c3c2-c2cnn(Cc3ccncc3)c2)cc1. The highest BCUT2D eigenvalue weighted by molar-refractivity contribution is 7.89. The van der Waals surface area contributed by atoms with Crippen LogP contribution in [0.3, 0.4) is 0 Å². The number of sulfonamides is 1. The summed E-state index contributed by atoms with van der Waals surface area (Å²) in [5.41, 5.74) is 9.29. The van der Waals surface area contributed by atoms with Gasteiger partial charge in [-0.3, -0.25) is 19.4 Å². The molecule has 35 heavy (non-hydrogen) atoms. The zero-order valence-electron chi connectivity index (χ0n) is 18.9. The lowest BCUT2D eigenvalue weighted by molar-refractivity contribution is 0.521. The molecule has 0 radical (unpaired) electrons. The fourth-order valence-electron chi connectivity index (χ4n) is 3.88. The van der Waals surface area contributed by atoms with Crippen LogP contribution in [-0.4, -0.2) is 56.5 Å². The topological polar surface area (TPSA) is 156 Å². The van der Waals surface area contributed by atoms with Crippen LogP contribution in [0.2, 0.25) is 0 Å². The Bertz CT molecular complexity index is 1680. The van der Waals surface area contributed by atoms with Gasteiger partial charge in [-0.25, -0.2) is 12.7 Å². The molecule has 5 aromatic rings. The highest BCUT2D eigenvalue weighted by atomic mass is 32.2. The first-order chi connectivity index (χ1) is 16.7. The molecule has 0 spiro atoms. The molecule has 0 atom stereocenters. The molecule has 12 heteroatoms. The quantitative estimate of drug-likeness (QED) is 0.329. The first-order valence-electron chi connectivity index (χ1n) is 10.6. The summed E-state index contributed by atoms with van der Waals surface area (Å²) in [7, 11) is -0.626. The number of nitrogens with one attached hydrogen (secondary N) is 2. The highest BCUT2D eigenvalue weighted by Crippen LogP contribution is 2.36. The van der Waals surface area contributed by atoms with E-state index in [2.05, 4.69) is 25.0 Å². The van der Waals surface area contributed by atoms with Crippen LogP contribution >= 0.6 is 0 Å². The van der Waals surface area contributed by atoms with E-state index in [1.807, 2.05) is 18.3 Å². The van der Waals surface area contributed by atoms with Crippen molar-refractivity contribution in [2.24, 2.45) is 0 Å². The number of benzene rings is 1. The van der Waals surface area contributed by atoms with Gasteiger partial charge < -0.3 is 10.7 Å². The largest absolute Gasteiger partial charge is 0.369 e. The van der Waals surface area contributed by atoms with Crippen LogP contribution in [0.1, 0.15) is 5.56 Å². The van der Waals surface area contributed by atoms with Crippen molar-refractivity contribution < 1.29 is 8.42 Å². The van der Waals surface area contributed by atoms with Crippen molar-refractivity contribution in [3.8, 4) is 22.4 Å². The zero-order chi connectivity index (χ0) is 24.7. The van der Waals surface area contributed by atoms with Crippen molar-refractivity contribution in [2.45, 2.75) is 11.4 Å². The number of fused-ring (bicyclic) bond motifs is 1. The minimum absolute atomic E-state index is 0.0114. The van der Waals surface area contributed by atoms with E-state index in [0.29, 0.717) is 40.0 Å². The lowest BCUT2D eigenvalue weighted by Crippen LogP contribution is -2.22. The van der Waals surface area contributed by atoms with E-state index >= 15 is 0 Å². The molecule has 5 rings (SSSR count). The Balaban J connectivity index is 1.65. The number of pyridine rings is 1. The molecular formula is C23H22N8O3S. The summed E-state index contributed by atoms with van der Waals surface area (Å²) in [5.74, 6) is -0.0114. The average molecular weight is 491 g/mol. The van der Waals surface area contributed by atoms with E-state index in [0.717, 1.165) is 9.87 Å². The first-order valence-corrected chi connectivity index (χ1v) is 12.0. The second kappa shape index (κ2) is 8.49. The van der Waals surface area contributed by atoms with Gasteiger partial charge in [0.15, 0.2) is 0 Å². The number of nitrogen functional groups attached to an aromatic ring is 1. The van der Waals surface area contributed by atoms with E-state index in [9.17, 15) is 13.2 Å². The summed E-state index contributed by atoms with van der Waals surface area (Å²) >= 11 is 0. The fraction of sp³-hybridized carbons (Fsp3) is 0.130. The second-order valence-corrected chi connectivity index (χ2v) is 10.3. The predicted octanol–water partition coefficient (Wildman–Crippen LogP) is 2.06. The Kier molecular flexibility index (Phi) is 5.46. The molecule has 0 unspecified atom stereocenters. The van der Waals surface area contributed by atoms with Crippen LogP contribution < -0.4 is 11.3 Å². The van der Waals surface area contributed by atoms with Gasteiger partial charge in [-0.2, -0.15) is 10.1 Å². The molecule has 0 amide bonds. The maximum atomic E-state index is 12.9. The van der Waals surface area contributed by atoms with Crippen molar-refractivity contribution in [2.75, 3.05) is 19.8 Å². The lowest BCUT2D eigenvalue weighted by atomic mass is 10.0. The number of aromatic amines is 2. The molecule has 4 heterocycles. The molecule has 178 valence electrons. The van der Waals surface area contributed by atoms with Crippen molar-refractivity contribution >= 4 is 27.0 Å². The standard InChI is InChI=1S/C23H22N8O3S/c1-30(2)35(33,34)17-5-3-15(4-6-17)20-18(19-21(27-20)28-23(24)29-22(19)32)16-11-26-31(13-16)12-14-7-9-25-10-8-14/h3-11,13H,12H2,1-2H3,(H4,24,27,28,29,32). The van der Waals surface area contributed by atoms with Crippen LogP contribution in [0.25, 0.3) is 33.4 Å². The van der Waals surface area contributed by atoms with Crippen molar-refractivity contribution in [1.82, 2.24) is 34.0 Å². The molecule has 0 aliphatic carbocycles. The molecule has 11 nitrogen and oxygen atoms in total. The molecule has 0 fully saturated rings. The summed E-state index contributed by atoms with van der Waals surface area (Å²) < 4.78 is 27.9. The molecule has 0 aliphatic rings. The van der Waals surface area contributed by atoms with Gasteiger partial charge in [0.1, 0.15) is 5.65 Å². The van der Waals surface area contributed by atoms with Gasteiger partial charge in [0.05, 0.1) is 28.7 Å². The van der Waals surface area contributed by atoms with Crippen molar-refractivity contribution in [1.29, 1.82) is 0 Å². The Morgan fingerprint density at radius 1 is 1.03 bits per heavy atom. The summed E-state index contributed by atoms with van der Waals surface area (Å²) in [4.78, 5) is 27.1. The minimum atomic E-state index is -3.58. The number of aromatic nitrogens is 6. The average Bonchev–Trinajstić information content (AvgIpc) is 3.44. The molecule has 1 aromatic carbocycles. The Labute approximate surface area is 200 Å². The summed E-state index contributed by atoms with van der Waals surface area (Å²) in [6.07, 6.45) is 6.95. The predicted molar refractivity (Wildman–Crippen MR) is 132 cm³/mol. The molecule has 4 aromatic heterocycles. The third-order valence-electron chi connectivity index (χ3n) is 5.62. The second-order valence-electron chi connectivity index (χ2n) is 8.14. The smallest absolute Gasteiger partial charge is 0.262 e. The lowest BCUT2D eigenvalue weighted by Gasteiger charge is -2.11. The maximum absolute atomic E-state index is 12.9. The van der Waals surface area contributed by atoms with Gasteiger partial charge in [-0.15, -0.1) is 0 Å². The Hall–Kier alpha value is -4.29. The summed E-state index contributed by atoms with van der Waals surface area (Å²) in [6, 6.07) is 10.2. The van der Waals surface area contributed by atoms with Crippen LogP contribution in [0, 0.1) is 0 Å². The molecule has 0 aliphatic heterocycles. The summed E-state index contributed by atoms with van der Waals surface area (Å²) in [5, 5.41) is 4.80. The normalized spacial score (nSPS) is 12.0. The van der Waals surface area contributed by atoms with Gasteiger partial charge in [0.2, 0.25) is 16.0 Å². The van der Waals surface area contributed by atoms with Gasteiger partial charge in [-0.1, -0.05) is 12.1 Å². The van der Waals surface area contributed by atoms with Crippen LogP contribution in [0.4, 0.5) is 5.95 Å². The summed E-state index contributed by atoms with van der Waals surface area (Å²) in [6.45, 7) is 0.527. The van der Waals surface area contributed by atoms with Crippen LogP contribution in [0.5, 0.6) is 0 Å². The van der Waals surface area contributed by atoms with Gasteiger partial charge in [-0.05, 0) is 35.4 Å². The number of anilines is 1. The number of nitrogens with two attached hydrogens (primary N) is 1. The number of H-pyrrole nitrogens is 2. The van der Waals surface area contributed by atoms with Gasteiger partial charge >= 0.3 is 0 Å². The van der Waals surface area contributed by atoms with E-state index in [-0.39, 0.29) is 10.8 Å². The number of hydrogen-bond acceptors (Lipinski definition) is 7.